The smallest absolute Gasteiger partial charge is 0.147 e. The minimum absolute atomic E-state index is 0.0787. The first kappa shape index (κ1) is 7.35. The summed E-state index contributed by atoms with van der Waals surface area (Å²) in [5.41, 5.74) is 1.15. The molecule has 0 aliphatic carbocycles. The average Bonchev–Trinajstić information content (AvgIpc) is 1.88. The highest BCUT2D eigenvalue weighted by Gasteiger charge is 2.04. The van der Waals surface area contributed by atoms with Crippen LogP contribution in [0.5, 0.6) is 0 Å². The second-order valence-electron chi connectivity index (χ2n) is 2.25. The molecule has 0 aromatic rings. The summed E-state index contributed by atoms with van der Waals surface area (Å²) in [4.78, 5) is 0. The van der Waals surface area contributed by atoms with Gasteiger partial charge >= 0.3 is 0 Å². The second kappa shape index (κ2) is 3.42. The van der Waals surface area contributed by atoms with E-state index in [2.05, 4.69) is 5.32 Å². The lowest BCUT2D eigenvalue weighted by Gasteiger charge is -2.18. The van der Waals surface area contributed by atoms with E-state index in [1.807, 2.05) is 32.1 Å². The van der Waals surface area contributed by atoms with Gasteiger partial charge in [0.2, 0.25) is 0 Å². The summed E-state index contributed by atoms with van der Waals surface area (Å²) in [6.07, 6.45) is 6.10. The van der Waals surface area contributed by atoms with Gasteiger partial charge in [-0.15, -0.1) is 0 Å². The Bertz CT molecular complexity index is 161. The van der Waals surface area contributed by atoms with Gasteiger partial charge in [0, 0.05) is 12.3 Å². The Labute approximate surface area is 61.6 Å². The third kappa shape index (κ3) is 1.88. The summed E-state index contributed by atoms with van der Waals surface area (Å²) < 4.78 is 5.31. The van der Waals surface area contributed by atoms with E-state index >= 15 is 0 Å². The summed E-state index contributed by atoms with van der Waals surface area (Å²) in [7, 11) is 0. The molecule has 10 heavy (non-hydrogen) atoms. The first-order valence-corrected chi connectivity index (χ1v) is 3.56. The van der Waals surface area contributed by atoms with Crippen molar-refractivity contribution >= 4 is 0 Å². The molecule has 1 atom stereocenters. The number of ether oxygens (including phenoxy) is 1. The van der Waals surface area contributed by atoms with Crippen molar-refractivity contribution in [2.75, 3.05) is 6.61 Å². The number of allylic oxidation sites excluding steroid dienone is 3. The van der Waals surface area contributed by atoms with Crippen LogP contribution in [0.25, 0.3) is 0 Å². The van der Waals surface area contributed by atoms with E-state index in [9.17, 15) is 0 Å². The molecule has 0 fully saturated rings. The van der Waals surface area contributed by atoms with Gasteiger partial charge in [-0.05, 0) is 26.0 Å². The van der Waals surface area contributed by atoms with E-state index in [0.29, 0.717) is 0 Å². The minimum Gasteiger partial charge on any atom is -0.360 e. The topological polar surface area (TPSA) is 21.3 Å². The van der Waals surface area contributed by atoms with Gasteiger partial charge in [0.05, 0.1) is 0 Å². The number of hydrogen-bond donors (Lipinski definition) is 1. The van der Waals surface area contributed by atoms with E-state index in [1.54, 1.807) is 0 Å². The molecule has 56 valence electrons. The van der Waals surface area contributed by atoms with Crippen LogP contribution in [0.4, 0.5) is 0 Å². The maximum Gasteiger partial charge on any atom is 0.147 e. The van der Waals surface area contributed by atoms with Crippen molar-refractivity contribution in [3.63, 3.8) is 0 Å². The summed E-state index contributed by atoms with van der Waals surface area (Å²) in [6, 6.07) is 0. The van der Waals surface area contributed by atoms with Gasteiger partial charge in [0.25, 0.3) is 0 Å². The monoisotopic (exact) mass is 139 g/mol. The fourth-order valence-electron chi connectivity index (χ4n) is 0.898. The van der Waals surface area contributed by atoms with E-state index in [1.165, 1.54) is 0 Å². The van der Waals surface area contributed by atoms with Crippen LogP contribution in [0.3, 0.4) is 0 Å². The molecule has 1 unspecified atom stereocenters. The zero-order valence-electron chi connectivity index (χ0n) is 6.42. The van der Waals surface area contributed by atoms with Crippen molar-refractivity contribution in [3.8, 4) is 0 Å². The summed E-state index contributed by atoms with van der Waals surface area (Å²) >= 11 is 0. The Morgan fingerprint density at radius 2 is 2.50 bits per heavy atom. The maximum absolute atomic E-state index is 5.31. The van der Waals surface area contributed by atoms with Crippen LogP contribution in [-0.2, 0) is 4.74 Å². The fraction of sp³-hybridized carbons (Fsp3) is 0.500. The van der Waals surface area contributed by atoms with Gasteiger partial charge in [-0.2, -0.15) is 0 Å². The Morgan fingerprint density at radius 1 is 1.70 bits per heavy atom. The van der Waals surface area contributed by atoms with Crippen molar-refractivity contribution < 1.29 is 4.74 Å². The molecule has 1 heterocycles. The molecule has 0 radical (unpaired) electrons. The van der Waals surface area contributed by atoms with Gasteiger partial charge in [-0.1, -0.05) is 6.08 Å². The number of rotatable bonds is 2. The van der Waals surface area contributed by atoms with Crippen molar-refractivity contribution in [2.24, 2.45) is 0 Å². The third-order valence-corrected chi connectivity index (χ3v) is 1.35. The predicted molar refractivity (Wildman–Crippen MR) is 41.4 cm³/mol. The SMILES string of the molecule is CCOC1C=CC=C(C)N1. The predicted octanol–water partition coefficient (Wildman–Crippen LogP) is 1.41. The molecule has 0 saturated heterocycles. The molecule has 1 rings (SSSR count). The van der Waals surface area contributed by atoms with Crippen LogP contribution in [0.1, 0.15) is 13.8 Å². The maximum atomic E-state index is 5.31. The molecule has 0 amide bonds. The number of hydrogen-bond acceptors (Lipinski definition) is 2. The van der Waals surface area contributed by atoms with Gasteiger partial charge < -0.3 is 10.1 Å². The van der Waals surface area contributed by atoms with Crippen LogP contribution < -0.4 is 5.32 Å². The molecule has 2 heteroatoms. The first-order chi connectivity index (χ1) is 4.83. The first-order valence-electron chi connectivity index (χ1n) is 3.56. The molecule has 2 nitrogen and oxygen atoms in total. The molecule has 1 aliphatic heterocycles. The molecular weight excluding hydrogens is 126 g/mol. The fourth-order valence-corrected chi connectivity index (χ4v) is 0.898. The van der Waals surface area contributed by atoms with Crippen LogP contribution in [0.2, 0.25) is 0 Å². The van der Waals surface area contributed by atoms with Gasteiger partial charge in [-0.3, -0.25) is 0 Å². The zero-order chi connectivity index (χ0) is 7.40. The zero-order valence-corrected chi connectivity index (χ0v) is 6.42. The van der Waals surface area contributed by atoms with E-state index in [0.717, 1.165) is 12.3 Å². The van der Waals surface area contributed by atoms with Crippen molar-refractivity contribution in [2.45, 2.75) is 20.1 Å². The Kier molecular flexibility index (Phi) is 2.51. The van der Waals surface area contributed by atoms with E-state index < -0.39 is 0 Å². The van der Waals surface area contributed by atoms with Crippen molar-refractivity contribution in [3.05, 3.63) is 23.9 Å². The number of nitrogens with one attached hydrogen (secondary N) is 1. The van der Waals surface area contributed by atoms with E-state index in [-0.39, 0.29) is 6.23 Å². The van der Waals surface area contributed by atoms with Gasteiger partial charge in [-0.25, -0.2) is 0 Å². The van der Waals surface area contributed by atoms with Crippen molar-refractivity contribution in [1.82, 2.24) is 5.32 Å². The lowest BCUT2D eigenvalue weighted by Crippen LogP contribution is -2.29. The second-order valence-corrected chi connectivity index (χ2v) is 2.25. The standard InChI is InChI=1S/C8H13NO/c1-3-10-8-6-4-5-7(2)9-8/h4-6,8-9H,3H2,1-2H3. The molecule has 0 bridgehead atoms. The lowest BCUT2D eigenvalue weighted by molar-refractivity contribution is 0.0788. The molecule has 0 aromatic carbocycles. The molecule has 1 aliphatic rings. The van der Waals surface area contributed by atoms with Crippen molar-refractivity contribution in [1.29, 1.82) is 0 Å². The minimum atomic E-state index is 0.0787. The van der Waals surface area contributed by atoms with Crippen LogP contribution >= 0.6 is 0 Å². The van der Waals surface area contributed by atoms with Crippen LogP contribution in [0.15, 0.2) is 23.9 Å². The highest BCUT2D eigenvalue weighted by atomic mass is 16.5. The molecule has 0 aromatic heterocycles. The van der Waals surface area contributed by atoms with Gasteiger partial charge in [0.15, 0.2) is 0 Å². The molecule has 0 spiro atoms. The molecular formula is C8H13NO. The number of dihydropyridines is 1. The third-order valence-electron chi connectivity index (χ3n) is 1.35. The summed E-state index contributed by atoms with van der Waals surface area (Å²) in [6.45, 7) is 4.76. The van der Waals surface area contributed by atoms with Crippen LogP contribution in [-0.4, -0.2) is 12.8 Å². The highest BCUT2D eigenvalue weighted by Crippen LogP contribution is 2.01. The van der Waals surface area contributed by atoms with Gasteiger partial charge in [0.1, 0.15) is 6.23 Å². The Morgan fingerprint density at radius 3 is 3.10 bits per heavy atom. The lowest BCUT2D eigenvalue weighted by atomic mass is 10.3. The normalized spacial score (nSPS) is 23.8. The summed E-state index contributed by atoms with van der Waals surface area (Å²) in [5.74, 6) is 0. The molecule has 0 saturated carbocycles. The van der Waals surface area contributed by atoms with Crippen LogP contribution in [0, 0.1) is 0 Å². The Balaban J connectivity index is 2.39. The summed E-state index contributed by atoms with van der Waals surface area (Å²) in [5, 5.41) is 3.17. The quantitative estimate of drug-likeness (QED) is 0.624. The largest absolute Gasteiger partial charge is 0.360 e. The Hall–Kier alpha value is -0.760. The molecule has 1 N–H and O–H groups in total. The van der Waals surface area contributed by atoms with E-state index in [4.69, 9.17) is 4.74 Å². The average molecular weight is 139 g/mol. The highest BCUT2D eigenvalue weighted by molar-refractivity contribution is 5.16.